The molecule has 0 bridgehead atoms. The molecular formula is C21H17ClN6OS. The van der Waals surface area contributed by atoms with Crippen molar-refractivity contribution in [3.8, 4) is 0 Å². The number of fused-ring (bicyclic) bond motifs is 1. The van der Waals surface area contributed by atoms with Crippen molar-refractivity contribution in [1.29, 1.82) is 0 Å². The van der Waals surface area contributed by atoms with E-state index >= 15 is 0 Å². The number of anilines is 2. The fourth-order valence-corrected chi connectivity index (χ4v) is 4.64. The van der Waals surface area contributed by atoms with Gasteiger partial charge in [0, 0.05) is 0 Å². The van der Waals surface area contributed by atoms with Crippen molar-refractivity contribution in [3.05, 3.63) is 71.2 Å². The summed E-state index contributed by atoms with van der Waals surface area (Å²) >= 11 is 7.67. The first-order valence-corrected chi connectivity index (χ1v) is 10.7. The highest BCUT2D eigenvalue weighted by Gasteiger charge is 2.47. The van der Waals surface area contributed by atoms with Gasteiger partial charge in [0.25, 0.3) is 0 Å². The number of alkyl halides is 1. The molecule has 0 spiro atoms. The first kappa shape index (κ1) is 18.9. The van der Waals surface area contributed by atoms with Gasteiger partial charge in [0.05, 0.1) is 18.3 Å². The largest absolute Gasteiger partial charge is 0.342 e. The SMILES string of the molecule is O=C1C(Cl)C(/C=C/c2ccccc2)N1c1nnc(CN2CN=Nc3ccccc32)s1. The number of β-lactam (4-membered cyclic amide) rings is 1. The predicted molar refractivity (Wildman–Crippen MR) is 118 cm³/mol. The summed E-state index contributed by atoms with van der Waals surface area (Å²) in [5.41, 5.74) is 2.90. The van der Waals surface area contributed by atoms with E-state index in [1.54, 1.807) is 4.90 Å². The van der Waals surface area contributed by atoms with Gasteiger partial charge in [-0.3, -0.25) is 9.69 Å². The van der Waals surface area contributed by atoms with Crippen molar-refractivity contribution in [2.24, 2.45) is 10.2 Å². The Morgan fingerprint density at radius 1 is 1.10 bits per heavy atom. The van der Waals surface area contributed by atoms with Crippen LogP contribution in [0.15, 0.2) is 70.9 Å². The lowest BCUT2D eigenvalue weighted by molar-refractivity contribution is -0.122. The maximum absolute atomic E-state index is 12.4. The normalized spacial score (nSPS) is 20.5. The summed E-state index contributed by atoms with van der Waals surface area (Å²) in [6.45, 7) is 1.01. The van der Waals surface area contributed by atoms with Gasteiger partial charge in [-0.2, -0.15) is 10.2 Å². The molecule has 0 aliphatic carbocycles. The van der Waals surface area contributed by atoms with Crippen molar-refractivity contribution >= 4 is 51.4 Å². The van der Waals surface area contributed by atoms with Gasteiger partial charge in [0.2, 0.25) is 11.0 Å². The minimum absolute atomic E-state index is 0.154. The Hall–Kier alpha value is -3.10. The highest BCUT2D eigenvalue weighted by atomic mass is 35.5. The molecule has 30 heavy (non-hydrogen) atoms. The number of amides is 1. The summed E-state index contributed by atoms with van der Waals surface area (Å²) in [4.78, 5) is 16.1. The van der Waals surface area contributed by atoms with Crippen LogP contribution in [0.2, 0.25) is 0 Å². The van der Waals surface area contributed by atoms with Crippen LogP contribution in [-0.2, 0) is 11.3 Å². The number of para-hydroxylation sites is 1. The Morgan fingerprint density at radius 3 is 2.77 bits per heavy atom. The van der Waals surface area contributed by atoms with E-state index in [0.717, 1.165) is 21.9 Å². The summed E-state index contributed by atoms with van der Waals surface area (Å²) in [6, 6.07) is 17.5. The number of benzene rings is 2. The summed E-state index contributed by atoms with van der Waals surface area (Å²) < 4.78 is 0. The minimum atomic E-state index is -0.591. The number of azo groups is 1. The molecule has 1 aromatic heterocycles. The number of aromatic nitrogens is 2. The Labute approximate surface area is 182 Å². The number of nitrogens with zero attached hydrogens (tertiary/aromatic N) is 6. The summed E-state index contributed by atoms with van der Waals surface area (Å²) in [7, 11) is 0. The van der Waals surface area contributed by atoms with E-state index in [4.69, 9.17) is 11.6 Å². The van der Waals surface area contributed by atoms with Gasteiger partial charge in [-0.1, -0.05) is 66.0 Å². The van der Waals surface area contributed by atoms with Crippen LogP contribution in [-0.4, -0.2) is 34.2 Å². The smallest absolute Gasteiger partial charge is 0.249 e. The molecule has 150 valence electrons. The average Bonchev–Trinajstić information content (AvgIpc) is 3.24. The Kier molecular flexibility index (Phi) is 5.02. The molecule has 2 atom stereocenters. The maximum atomic E-state index is 12.4. The van der Waals surface area contributed by atoms with Crippen molar-refractivity contribution in [3.63, 3.8) is 0 Å². The van der Waals surface area contributed by atoms with Gasteiger partial charge in [-0.25, -0.2) is 0 Å². The zero-order valence-corrected chi connectivity index (χ0v) is 17.4. The standard InChI is InChI=1S/C21H17ClN6OS/c22-19-17(11-10-14-6-2-1-3-7-14)28(20(19)29)21-26-25-18(30-21)12-27-13-23-24-15-8-4-5-9-16(15)27/h1-11,17,19H,12-13H2/b11-10+. The Balaban J connectivity index is 1.33. The fourth-order valence-electron chi connectivity index (χ4n) is 3.43. The monoisotopic (exact) mass is 436 g/mol. The molecule has 5 rings (SSSR count). The Bertz CT molecular complexity index is 1130. The van der Waals surface area contributed by atoms with Crippen LogP contribution in [0, 0.1) is 0 Å². The topological polar surface area (TPSA) is 74.1 Å². The van der Waals surface area contributed by atoms with Gasteiger partial charge in [-0.15, -0.1) is 21.8 Å². The number of hydrogen-bond acceptors (Lipinski definition) is 7. The first-order valence-electron chi connectivity index (χ1n) is 9.45. The van der Waals surface area contributed by atoms with E-state index in [2.05, 4.69) is 25.3 Å². The van der Waals surface area contributed by atoms with E-state index < -0.39 is 5.38 Å². The highest BCUT2D eigenvalue weighted by Crippen LogP contribution is 2.37. The van der Waals surface area contributed by atoms with Crippen LogP contribution in [0.5, 0.6) is 0 Å². The second kappa shape index (κ2) is 7.97. The van der Waals surface area contributed by atoms with Gasteiger partial charge in [-0.05, 0) is 17.7 Å². The van der Waals surface area contributed by atoms with Crippen molar-refractivity contribution in [2.75, 3.05) is 16.5 Å². The Morgan fingerprint density at radius 2 is 1.90 bits per heavy atom. The molecule has 0 N–H and O–H groups in total. The molecule has 2 aliphatic heterocycles. The summed E-state index contributed by atoms with van der Waals surface area (Å²) in [5.74, 6) is -0.154. The van der Waals surface area contributed by atoms with E-state index in [-0.39, 0.29) is 11.9 Å². The number of rotatable bonds is 5. The van der Waals surface area contributed by atoms with Crippen LogP contribution in [0.3, 0.4) is 0 Å². The van der Waals surface area contributed by atoms with Crippen molar-refractivity contribution < 1.29 is 4.79 Å². The summed E-state index contributed by atoms with van der Waals surface area (Å²) in [5, 5.41) is 17.7. The quantitative estimate of drug-likeness (QED) is 0.431. The zero-order valence-electron chi connectivity index (χ0n) is 15.8. The van der Waals surface area contributed by atoms with E-state index in [1.165, 1.54) is 11.3 Å². The third-order valence-corrected chi connectivity index (χ3v) is 6.33. The molecule has 1 saturated heterocycles. The molecule has 0 radical (unpaired) electrons. The van der Waals surface area contributed by atoms with E-state index in [1.807, 2.05) is 66.7 Å². The maximum Gasteiger partial charge on any atom is 0.249 e. The van der Waals surface area contributed by atoms with Gasteiger partial charge < -0.3 is 4.90 Å². The molecule has 0 saturated carbocycles. The van der Waals surface area contributed by atoms with Crippen LogP contribution in [0.25, 0.3) is 6.08 Å². The van der Waals surface area contributed by atoms with Crippen LogP contribution >= 0.6 is 22.9 Å². The van der Waals surface area contributed by atoms with Gasteiger partial charge in [0.1, 0.15) is 22.7 Å². The molecule has 1 fully saturated rings. The molecular weight excluding hydrogens is 420 g/mol. The van der Waals surface area contributed by atoms with Crippen LogP contribution < -0.4 is 9.80 Å². The molecule has 2 aliphatic rings. The van der Waals surface area contributed by atoms with Crippen LogP contribution in [0.1, 0.15) is 10.6 Å². The first-order chi connectivity index (χ1) is 14.7. The van der Waals surface area contributed by atoms with Gasteiger partial charge >= 0.3 is 0 Å². The number of hydrogen-bond donors (Lipinski definition) is 0. The molecule has 7 nitrogen and oxygen atoms in total. The molecule has 3 heterocycles. The molecule has 2 aromatic carbocycles. The average molecular weight is 437 g/mol. The summed E-state index contributed by atoms with van der Waals surface area (Å²) in [6.07, 6.45) is 3.91. The van der Waals surface area contributed by atoms with Gasteiger partial charge in [0.15, 0.2) is 0 Å². The lowest BCUT2D eigenvalue weighted by Crippen LogP contribution is -2.61. The fraction of sp³-hybridized carbons (Fsp3) is 0.190. The highest BCUT2D eigenvalue weighted by molar-refractivity contribution is 7.15. The number of halogens is 1. The molecule has 3 aromatic rings. The third kappa shape index (κ3) is 3.48. The second-order valence-electron chi connectivity index (χ2n) is 6.92. The lowest BCUT2D eigenvalue weighted by Gasteiger charge is -2.40. The number of carbonyl (C=O) groups excluding carboxylic acids is 1. The van der Waals surface area contributed by atoms with Crippen LogP contribution in [0.4, 0.5) is 16.5 Å². The van der Waals surface area contributed by atoms with E-state index in [0.29, 0.717) is 18.3 Å². The molecule has 1 amide bonds. The third-order valence-electron chi connectivity index (χ3n) is 4.98. The molecule has 9 heteroatoms. The minimum Gasteiger partial charge on any atom is -0.342 e. The van der Waals surface area contributed by atoms with Crippen molar-refractivity contribution in [2.45, 2.75) is 18.0 Å². The zero-order chi connectivity index (χ0) is 20.5. The molecule has 2 unspecified atom stereocenters. The lowest BCUT2D eigenvalue weighted by atomic mass is 10.0. The van der Waals surface area contributed by atoms with Crippen molar-refractivity contribution in [1.82, 2.24) is 10.2 Å². The second-order valence-corrected chi connectivity index (χ2v) is 8.43. The number of carbonyl (C=O) groups is 1. The predicted octanol–water partition coefficient (Wildman–Crippen LogP) is 4.64. The van der Waals surface area contributed by atoms with E-state index in [9.17, 15) is 4.79 Å².